The summed E-state index contributed by atoms with van der Waals surface area (Å²) in [4.78, 5) is 16.4. The van der Waals surface area contributed by atoms with E-state index in [1.165, 1.54) is 22.8 Å². The molecule has 0 aliphatic carbocycles. The fourth-order valence-corrected chi connectivity index (χ4v) is 3.57. The summed E-state index contributed by atoms with van der Waals surface area (Å²) < 4.78 is 4.04. The number of rotatable bonds is 7. The van der Waals surface area contributed by atoms with E-state index in [9.17, 15) is 4.79 Å². The van der Waals surface area contributed by atoms with Crippen molar-refractivity contribution in [3.63, 3.8) is 0 Å². The lowest BCUT2D eigenvalue weighted by molar-refractivity contribution is -0.116. The van der Waals surface area contributed by atoms with Crippen LogP contribution in [0, 0.1) is 0 Å². The average molecular weight is 387 g/mol. The molecule has 6 nitrogen and oxygen atoms in total. The second-order valence-electron chi connectivity index (χ2n) is 7.51. The Kier molecular flexibility index (Phi) is 5.42. The molecule has 0 aliphatic rings. The highest BCUT2D eigenvalue weighted by Gasteiger charge is 2.12. The first-order chi connectivity index (χ1) is 14.1. The summed E-state index contributed by atoms with van der Waals surface area (Å²) in [6.45, 7) is 5.01. The first-order valence-electron chi connectivity index (χ1n) is 9.90. The molecule has 1 N–H and O–H groups in total. The first kappa shape index (κ1) is 18.9. The molecule has 29 heavy (non-hydrogen) atoms. The van der Waals surface area contributed by atoms with Gasteiger partial charge in [-0.3, -0.25) is 4.79 Å². The molecule has 0 saturated heterocycles. The van der Waals surface area contributed by atoms with E-state index in [-0.39, 0.29) is 5.91 Å². The van der Waals surface area contributed by atoms with Gasteiger partial charge >= 0.3 is 0 Å². The van der Waals surface area contributed by atoms with Gasteiger partial charge < -0.3 is 9.88 Å². The molecule has 0 saturated carbocycles. The molecule has 1 amide bonds. The maximum Gasteiger partial charge on any atom is 0.224 e. The Balaban J connectivity index is 1.37. The van der Waals surface area contributed by atoms with Crippen LogP contribution in [0.2, 0.25) is 0 Å². The van der Waals surface area contributed by atoms with Gasteiger partial charge in [-0.1, -0.05) is 30.3 Å². The van der Waals surface area contributed by atoms with Gasteiger partial charge in [0.15, 0.2) is 0 Å². The molecule has 0 spiro atoms. The van der Waals surface area contributed by atoms with E-state index in [0.717, 1.165) is 17.7 Å². The van der Waals surface area contributed by atoms with Crippen molar-refractivity contribution in [2.75, 3.05) is 5.32 Å². The lowest BCUT2D eigenvalue weighted by Crippen LogP contribution is -2.12. The summed E-state index contributed by atoms with van der Waals surface area (Å²) in [5.41, 5.74) is 4.35. The van der Waals surface area contributed by atoms with Crippen molar-refractivity contribution in [2.45, 2.75) is 39.3 Å². The number of fused-ring (bicyclic) bond motifs is 1. The highest BCUT2D eigenvalue weighted by Crippen LogP contribution is 2.25. The first-order valence-corrected chi connectivity index (χ1v) is 9.90. The number of anilines is 1. The molecule has 2 heterocycles. The monoisotopic (exact) mass is 387 g/mol. The van der Waals surface area contributed by atoms with E-state index >= 15 is 0 Å². The Labute approximate surface area is 170 Å². The van der Waals surface area contributed by atoms with Crippen LogP contribution in [0.1, 0.15) is 37.4 Å². The standard InChI is InChI=1S/C23H25N5O/c1-17(2)28-14-19(21-5-3-4-6-22(21)28)9-12-23(29)26-20-10-7-18(8-11-20)13-27-16-24-15-25-27/h3-8,10-11,14-17H,9,12-13H2,1-2H3,(H,26,29). The number of benzene rings is 2. The maximum absolute atomic E-state index is 12.5. The molecular formula is C23H25N5O. The second-order valence-corrected chi connectivity index (χ2v) is 7.51. The summed E-state index contributed by atoms with van der Waals surface area (Å²) in [6, 6.07) is 16.6. The number of amides is 1. The number of para-hydroxylation sites is 1. The number of carbonyl (C=O) groups excluding carboxylic acids is 1. The minimum atomic E-state index is 0.0235. The Hall–Kier alpha value is -3.41. The van der Waals surface area contributed by atoms with Gasteiger partial charge in [-0.05, 0) is 49.6 Å². The zero-order chi connectivity index (χ0) is 20.2. The lowest BCUT2D eigenvalue weighted by atomic mass is 10.1. The Bertz CT molecular complexity index is 1090. The van der Waals surface area contributed by atoms with Crippen LogP contribution in [0.15, 0.2) is 67.4 Å². The number of carbonyl (C=O) groups is 1. The van der Waals surface area contributed by atoms with Gasteiger partial charge in [0.1, 0.15) is 12.7 Å². The minimum absolute atomic E-state index is 0.0235. The number of hydrogen-bond acceptors (Lipinski definition) is 3. The van der Waals surface area contributed by atoms with Crippen LogP contribution in [0.3, 0.4) is 0 Å². The van der Waals surface area contributed by atoms with Crippen molar-refractivity contribution in [1.29, 1.82) is 0 Å². The van der Waals surface area contributed by atoms with Crippen LogP contribution in [-0.4, -0.2) is 25.2 Å². The fourth-order valence-electron chi connectivity index (χ4n) is 3.57. The predicted molar refractivity (Wildman–Crippen MR) is 115 cm³/mol. The number of hydrogen-bond donors (Lipinski definition) is 1. The third-order valence-electron chi connectivity index (χ3n) is 5.05. The normalized spacial score (nSPS) is 11.3. The molecule has 0 unspecified atom stereocenters. The van der Waals surface area contributed by atoms with Crippen molar-refractivity contribution < 1.29 is 4.79 Å². The largest absolute Gasteiger partial charge is 0.345 e. The number of nitrogens with one attached hydrogen (secondary N) is 1. The molecular weight excluding hydrogens is 362 g/mol. The maximum atomic E-state index is 12.5. The lowest BCUT2D eigenvalue weighted by Gasteiger charge is -2.08. The molecule has 0 bridgehead atoms. The van der Waals surface area contributed by atoms with Crippen molar-refractivity contribution in [2.24, 2.45) is 0 Å². The number of aryl methyl sites for hydroxylation is 1. The summed E-state index contributed by atoms with van der Waals surface area (Å²) in [7, 11) is 0. The van der Waals surface area contributed by atoms with E-state index in [1.807, 2.05) is 24.3 Å². The molecule has 2 aromatic carbocycles. The topological polar surface area (TPSA) is 64.7 Å². The second kappa shape index (κ2) is 8.31. The van der Waals surface area contributed by atoms with Crippen molar-refractivity contribution in [1.82, 2.24) is 19.3 Å². The zero-order valence-corrected chi connectivity index (χ0v) is 16.7. The molecule has 0 aliphatic heterocycles. The van der Waals surface area contributed by atoms with Crippen molar-refractivity contribution in [3.05, 3.63) is 78.5 Å². The van der Waals surface area contributed by atoms with E-state index in [0.29, 0.717) is 19.0 Å². The SMILES string of the molecule is CC(C)n1cc(CCC(=O)Nc2ccc(Cn3cncn3)cc2)c2ccccc21. The van der Waals surface area contributed by atoms with Gasteiger partial charge in [0.25, 0.3) is 0 Å². The van der Waals surface area contributed by atoms with Gasteiger partial charge in [-0.15, -0.1) is 0 Å². The third-order valence-corrected chi connectivity index (χ3v) is 5.05. The van der Waals surface area contributed by atoms with Crippen LogP contribution >= 0.6 is 0 Å². The number of nitrogens with zero attached hydrogens (tertiary/aromatic N) is 4. The van der Waals surface area contributed by atoms with E-state index in [2.05, 4.69) is 64.3 Å². The predicted octanol–water partition coefficient (Wildman–Crippen LogP) is 4.43. The third kappa shape index (κ3) is 4.37. The Morgan fingerprint density at radius 3 is 2.62 bits per heavy atom. The van der Waals surface area contributed by atoms with Crippen LogP contribution in [0.5, 0.6) is 0 Å². The molecule has 0 atom stereocenters. The van der Waals surface area contributed by atoms with Crippen LogP contribution in [0.25, 0.3) is 10.9 Å². The highest BCUT2D eigenvalue weighted by molar-refractivity contribution is 5.91. The van der Waals surface area contributed by atoms with Crippen LogP contribution in [0.4, 0.5) is 5.69 Å². The van der Waals surface area contributed by atoms with Gasteiger partial charge in [0.2, 0.25) is 5.91 Å². The molecule has 6 heteroatoms. The van der Waals surface area contributed by atoms with Gasteiger partial charge in [0.05, 0.1) is 6.54 Å². The van der Waals surface area contributed by atoms with Gasteiger partial charge in [-0.25, -0.2) is 9.67 Å². The summed E-state index contributed by atoms with van der Waals surface area (Å²) in [6.07, 6.45) is 6.56. The van der Waals surface area contributed by atoms with Crippen LogP contribution in [-0.2, 0) is 17.8 Å². The van der Waals surface area contributed by atoms with Gasteiger partial charge in [0, 0.05) is 35.2 Å². The molecule has 0 radical (unpaired) electrons. The van der Waals surface area contributed by atoms with Crippen molar-refractivity contribution in [3.8, 4) is 0 Å². The molecule has 148 valence electrons. The zero-order valence-electron chi connectivity index (χ0n) is 16.7. The van der Waals surface area contributed by atoms with E-state index < -0.39 is 0 Å². The van der Waals surface area contributed by atoms with E-state index in [4.69, 9.17) is 0 Å². The van der Waals surface area contributed by atoms with E-state index in [1.54, 1.807) is 11.0 Å². The van der Waals surface area contributed by atoms with Gasteiger partial charge in [-0.2, -0.15) is 5.10 Å². The van der Waals surface area contributed by atoms with Crippen molar-refractivity contribution >= 4 is 22.5 Å². The minimum Gasteiger partial charge on any atom is -0.345 e. The fraction of sp³-hybridized carbons (Fsp3) is 0.261. The summed E-state index contributed by atoms with van der Waals surface area (Å²) in [5, 5.41) is 8.33. The molecule has 4 aromatic rings. The molecule has 2 aromatic heterocycles. The average Bonchev–Trinajstić information content (AvgIpc) is 3.36. The van der Waals surface area contributed by atoms with Crippen LogP contribution < -0.4 is 5.32 Å². The summed E-state index contributed by atoms with van der Waals surface area (Å²) in [5.74, 6) is 0.0235. The highest BCUT2D eigenvalue weighted by atomic mass is 16.1. The molecule has 4 rings (SSSR count). The summed E-state index contributed by atoms with van der Waals surface area (Å²) >= 11 is 0. The Morgan fingerprint density at radius 2 is 1.90 bits per heavy atom. The quantitative estimate of drug-likeness (QED) is 0.510. The smallest absolute Gasteiger partial charge is 0.224 e. The Morgan fingerprint density at radius 1 is 1.10 bits per heavy atom. The number of aromatic nitrogens is 4. The molecule has 0 fully saturated rings.